The monoisotopic (exact) mass is 356 g/mol. The van der Waals surface area contributed by atoms with E-state index in [9.17, 15) is 4.79 Å². The number of methoxy groups -OCH3 is 1. The van der Waals surface area contributed by atoms with E-state index >= 15 is 0 Å². The molecule has 0 aliphatic carbocycles. The third-order valence-corrected chi connectivity index (χ3v) is 4.35. The maximum Gasteiger partial charge on any atom is 0.257 e. The molecular formula is C19H24N4O3. The first-order valence-corrected chi connectivity index (χ1v) is 8.67. The Morgan fingerprint density at radius 3 is 2.62 bits per heavy atom. The zero-order valence-corrected chi connectivity index (χ0v) is 15.4. The number of benzene rings is 1. The lowest BCUT2D eigenvalue weighted by Gasteiger charge is -2.33. The van der Waals surface area contributed by atoms with Crippen molar-refractivity contribution in [3.8, 4) is 11.6 Å². The van der Waals surface area contributed by atoms with E-state index in [4.69, 9.17) is 9.47 Å². The highest BCUT2D eigenvalue weighted by Gasteiger charge is 2.27. The van der Waals surface area contributed by atoms with Crippen molar-refractivity contribution in [2.45, 2.75) is 18.9 Å². The fourth-order valence-corrected chi connectivity index (χ4v) is 3.00. The third-order valence-electron chi connectivity index (χ3n) is 4.35. The van der Waals surface area contributed by atoms with Crippen molar-refractivity contribution in [2.24, 2.45) is 0 Å². The predicted molar refractivity (Wildman–Crippen MR) is 98.9 cm³/mol. The van der Waals surface area contributed by atoms with Gasteiger partial charge in [-0.05, 0) is 37.1 Å². The smallest absolute Gasteiger partial charge is 0.257 e. The van der Waals surface area contributed by atoms with E-state index in [1.807, 2.05) is 23.9 Å². The number of likely N-dealkylation sites (tertiary alicyclic amines) is 1. The Bertz CT molecular complexity index is 749. The number of carbonyl (C=O) groups excluding carboxylic acids is 1. The van der Waals surface area contributed by atoms with Crippen molar-refractivity contribution >= 4 is 11.7 Å². The molecule has 26 heavy (non-hydrogen) atoms. The minimum Gasteiger partial charge on any atom is -0.497 e. The van der Waals surface area contributed by atoms with Gasteiger partial charge in [0.1, 0.15) is 11.9 Å². The maximum absolute atomic E-state index is 12.8. The molecule has 1 aliphatic rings. The van der Waals surface area contributed by atoms with Crippen molar-refractivity contribution in [3.05, 3.63) is 42.2 Å². The van der Waals surface area contributed by atoms with Crippen LogP contribution in [0.25, 0.3) is 0 Å². The number of anilines is 1. The van der Waals surface area contributed by atoms with Gasteiger partial charge in [0, 0.05) is 38.6 Å². The fourth-order valence-electron chi connectivity index (χ4n) is 3.00. The number of carbonyl (C=O) groups is 1. The minimum atomic E-state index is -0.0960. The number of rotatable bonds is 5. The molecule has 1 aromatic carbocycles. The van der Waals surface area contributed by atoms with Gasteiger partial charge in [-0.25, -0.2) is 9.97 Å². The van der Waals surface area contributed by atoms with Crippen LogP contribution in [0.1, 0.15) is 23.2 Å². The molecule has 1 aliphatic heterocycles. The average molecular weight is 356 g/mol. The summed E-state index contributed by atoms with van der Waals surface area (Å²) < 4.78 is 11.2. The van der Waals surface area contributed by atoms with Gasteiger partial charge in [0.25, 0.3) is 11.8 Å². The van der Waals surface area contributed by atoms with Crippen LogP contribution in [0.15, 0.2) is 36.7 Å². The third kappa shape index (κ3) is 4.04. The van der Waals surface area contributed by atoms with E-state index in [2.05, 4.69) is 9.97 Å². The topological polar surface area (TPSA) is 67.8 Å². The molecule has 0 radical (unpaired) electrons. The molecule has 2 heterocycles. The van der Waals surface area contributed by atoms with Gasteiger partial charge in [-0.1, -0.05) is 0 Å². The van der Waals surface area contributed by atoms with Crippen LogP contribution < -0.4 is 14.4 Å². The standard InChI is InChI=1S/C19H24N4O3/c1-22(2)17-18(21-11-10-20-17)26-16-5-4-12-23(13-16)19(24)14-6-8-15(25-3)9-7-14/h6-11,16H,4-5,12-13H2,1-3H3. The molecule has 2 aromatic rings. The lowest BCUT2D eigenvalue weighted by atomic mass is 10.1. The summed E-state index contributed by atoms with van der Waals surface area (Å²) in [5, 5.41) is 0. The second-order valence-electron chi connectivity index (χ2n) is 6.44. The van der Waals surface area contributed by atoms with E-state index < -0.39 is 0 Å². The van der Waals surface area contributed by atoms with Gasteiger partial charge in [0.05, 0.1) is 13.7 Å². The van der Waals surface area contributed by atoms with Gasteiger partial charge < -0.3 is 19.3 Å². The summed E-state index contributed by atoms with van der Waals surface area (Å²) in [6.45, 7) is 1.26. The van der Waals surface area contributed by atoms with Gasteiger partial charge in [0.15, 0.2) is 5.82 Å². The molecule has 1 unspecified atom stereocenters. The number of ether oxygens (including phenoxy) is 2. The zero-order chi connectivity index (χ0) is 18.5. The largest absolute Gasteiger partial charge is 0.497 e. The second kappa shape index (κ2) is 8.03. The number of hydrogen-bond acceptors (Lipinski definition) is 6. The Kier molecular flexibility index (Phi) is 5.55. The minimum absolute atomic E-state index is 0.00734. The van der Waals surface area contributed by atoms with Gasteiger partial charge in [-0.2, -0.15) is 0 Å². The van der Waals surface area contributed by atoms with Gasteiger partial charge in [0.2, 0.25) is 0 Å². The Morgan fingerprint density at radius 1 is 1.19 bits per heavy atom. The molecule has 7 heteroatoms. The summed E-state index contributed by atoms with van der Waals surface area (Å²) in [4.78, 5) is 25.1. The molecule has 0 bridgehead atoms. The Labute approximate surface area is 153 Å². The first-order valence-electron chi connectivity index (χ1n) is 8.67. The molecule has 0 N–H and O–H groups in total. The first kappa shape index (κ1) is 18.0. The predicted octanol–water partition coefficient (Wildman–Crippen LogP) is 2.23. The van der Waals surface area contributed by atoms with Crippen LogP contribution in [-0.2, 0) is 0 Å². The van der Waals surface area contributed by atoms with Crippen molar-refractivity contribution in [1.29, 1.82) is 0 Å². The highest BCUT2D eigenvalue weighted by atomic mass is 16.5. The van der Waals surface area contributed by atoms with Crippen LogP contribution >= 0.6 is 0 Å². The zero-order valence-electron chi connectivity index (χ0n) is 15.4. The summed E-state index contributed by atoms with van der Waals surface area (Å²) in [6.07, 6.45) is 4.94. The van der Waals surface area contributed by atoms with E-state index in [1.54, 1.807) is 43.8 Å². The lowest BCUT2D eigenvalue weighted by molar-refractivity contribution is 0.0528. The van der Waals surface area contributed by atoms with Crippen LogP contribution in [0.3, 0.4) is 0 Å². The molecule has 1 saturated heterocycles. The van der Waals surface area contributed by atoms with Crippen molar-refractivity contribution in [2.75, 3.05) is 39.2 Å². The Hall–Kier alpha value is -2.83. The number of amides is 1. The first-order chi connectivity index (χ1) is 12.6. The number of piperidine rings is 1. The molecule has 7 nitrogen and oxygen atoms in total. The molecule has 0 spiro atoms. The van der Waals surface area contributed by atoms with Crippen LogP contribution in [-0.4, -0.2) is 61.2 Å². The molecule has 1 fully saturated rings. The summed E-state index contributed by atoms with van der Waals surface area (Å²) in [6, 6.07) is 7.18. The summed E-state index contributed by atoms with van der Waals surface area (Å²) >= 11 is 0. The average Bonchev–Trinajstić information content (AvgIpc) is 2.68. The molecule has 1 aromatic heterocycles. The molecule has 138 valence electrons. The summed E-state index contributed by atoms with van der Waals surface area (Å²) in [5.41, 5.74) is 0.653. The number of aromatic nitrogens is 2. The van der Waals surface area contributed by atoms with Crippen LogP contribution in [0.4, 0.5) is 5.82 Å². The van der Waals surface area contributed by atoms with E-state index in [1.165, 1.54) is 0 Å². The van der Waals surface area contributed by atoms with Crippen LogP contribution in [0, 0.1) is 0 Å². The van der Waals surface area contributed by atoms with Gasteiger partial charge >= 0.3 is 0 Å². The van der Waals surface area contributed by atoms with E-state index in [0.29, 0.717) is 23.8 Å². The van der Waals surface area contributed by atoms with Crippen molar-refractivity contribution in [3.63, 3.8) is 0 Å². The lowest BCUT2D eigenvalue weighted by Crippen LogP contribution is -2.44. The Balaban J connectivity index is 1.68. The fraction of sp³-hybridized carbons (Fsp3) is 0.421. The van der Waals surface area contributed by atoms with Crippen molar-refractivity contribution in [1.82, 2.24) is 14.9 Å². The quantitative estimate of drug-likeness (QED) is 0.818. The molecule has 3 rings (SSSR count). The normalized spacial score (nSPS) is 16.9. The summed E-state index contributed by atoms with van der Waals surface area (Å²) in [5.74, 6) is 1.93. The molecule has 1 atom stereocenters. The van der Waals surface area contributed by atoms with Crippen molar-refractivity contribution < 1.29 is 14.3 Å². The number of hydrogen-bond donors (Lipinski definition) is 0. The highest BCUT2D eigenvalue weighted by molar-refractivity contribution is 5.94. The SMILES string of the molecule is COc1ccc(C(=O)N2CCCC(Oc3nccnc3N(C)C)C2)cc1. The van der Waals surface area contributed by atoms with E-state index in [-0.39, 0.29) is 12.0 Å². The van der Waals surface area contributed by atoms with Crippen LogP contribution in [0.5, 0.6) is 11.6 Å². The van der Waals surface area contributed by atoms with Crippen LogP contribution in [0.2, 0.25) is 0 Å². The second-order valence-corrected chi connectivity index (χ2v) is 6.44. The van der Waals surface area contributed by atoms with Gasteiger partial charge in [-0.15, -0.1) is 0 Å². The van der Waals surface area contributed by atoms with E-state index in [0.717, 1.165) is 25.1 Å². The summed E-state index contributed by atoms with van der Waals surface area (Å²) in [7, 11) is 5.41. The molecular weight excluding hydrogens is 332 g/mol. The molecule has 1 amide bonds. The number of nitrogens with zero attached hydrogens (tertiary/aromatic N) is 4. The Morgan fingerprint density at radius 2 is 1.92 bits per heavy atom. The van der Waals surface area contributed by atoms with Gasteiger partial charge in [-0.3, -0.25) is 4.79 Å². The molecule has 0 saturated carbocycles. The maximum atomic E-state index is 12.8. The highest BCUT2D eigenvalue weighted by Crippen LogP contribution is 2.25.